The van der Waals surface area contributed by atoms with Crippen LogP contribution in [0.15, 0.2) is 0 Å². The van der Waals surface area contributed by atoms with E-state index in [0.29, 0.717) is 24.0 Å². The Morgan fingerprint density at radius 3 is 2.78 bits per heavy atom. The van der Waals surface area contributed by atoms with Gasteiger partial charge in [0.1, 0.15) is 5.78 Å². The summed E-state index contributed by atoms with van der Waals surface area (Å²) >= 11 is 0. The van der Waals surface area contributed by atoms with Gasteiger partial charge in [-0.05, 0) is 52.0 Å². The third kappa shape index (κ3) is 3.55. The van der Waals surface area contributed by atoms with Crippen molar-refractivity contribution in [2.24, 2.45) is 0 Å². The molecule has 0 amide bonds. The molecule has 2 aliphatic rings. The molecule has 0 N–H and O–H groups in total. The topological polar surface area (TPSA) is 29.5 Å². The molecule has 3 heteroatoms. The molecule has 0 spiro atoms. The maximum atomic E-state index is 11.4. The molecule has 18 heavy (non-hydrogen) atoms. The van der Waals surface area contributed by atoms with Gasteiger partial charge in [0.2, 0.25) is 0 Å². The fourth-order valence-electron chi connectivity index (χ4n) is 3.69. The minimum atomic E-state index is 0.339. The lowest BCUT2D eigenvalue weighted by Gasteiger charge is -2.44. The number of likely N-dealkylation sites (tertiary alicyclic amines) is 1. The number of hydrogen-bond acceptors (Lipinski definition) is 3. The average molecular weight is 253 g/mol. The molecule has 3 atom stereocenters. The molecule has 104 valence electrons. The number of carbonyl (C=O) groups excluding carboxylic acids is 1. The Balaban J connectivity index is 1.96. The van der Waals surface area contributed by atoms with E-state index >= 15 is 0 Å². The van der Waals surface area contributed by atoms with E-state index in [0.717, 1.165) is 12.8 Å². The lowest BCUT2D eigenvalue weighted by molar-refractivity contribution is -0.119. The van der Waals surface area contributed by atoms with Crippen LogP contribution in [-0.2, 0) is 9.53 Å². The first-order valence-corrected chi connectivity index (χ1v) is 7.48. The van der Waals surface area contributed by atoms with Crippen molar-refractivity contribution < 1.29 is 9.53 Å². The number of ketones is 1. The van der Waals surface area contributed by atoms with Crippen LogP contribution in [0.2, 0.25) is 0 Å². The Hall–Kier alpha value is -0.410. The van der Waals surface area contributed by atoms with E-state index in [1.807, 2.05) is 7.11 Å². The van der Waals surface area contributed by atoms with Crippen LogP contribution >= 0.6 is 0 Å². The van der Waals surface area contributed by atoms with E-state index < -0.39 is 0 Å². The van der Waals surface area contributed by atoms with Gasteiger partial charge in [-0.1, -0.05) is 6.42 Å². The van der Waals surface area contributed by atoms with E-state index in [4.69, 9.17) is 4.74 Å². The Labute approximate surface area is 111 Å². The predicted molar refractivity (Wildman–Crippen MR) is 72.7 cm³/mol. The summed E-state index contributed by atoms with van der Waals surface area (Å²) < 4.78 is 5.53. The standard InChI is InChI=1S/C15H27NO2/c1-12(17)10-13-6-3-4-9-16(13)14-7-5-8-15(11-14)18-2/h13-15H,3-11H2,1-2H3. The highest BCUT2D eigenvalue weighted by Gasteiger charge is 2.32. The second-order valence-electron chi connectivity index (χ2n) is 5.97. The monoisotopic (exact) mass is 253 g/mol. The van der Waals surface area contributed by atoms with Crippen molar-refractivity contribution in [3.05, 3.63) is 0 Å². The van der Waals surface area contributed by atoms with Gasteiger partial charge in [0.15, 0.2) is 0 Å². The van der Waals surface area contributed by atoms with Gasteiger partial charge < -0.3 is 4.74 Å². The van der Waals surface area contributed by atoms with Crippen LogP contribution in [-0.4, -0.2) is 42.5 Å². The zero-order chi connectivity index (χ0) is 13.0. The van der Waals surface area contributed by atoms with Gasteiger partial charge in [0.05, 0.1) is 6.10 Å². The van der Waals surface area contributed by atoms with Crippen molar-refractivity contribution in [1.82, 2.24) is 4.90 Å². The second kappa shape index (κ2) is 6.67. The number of carbonyl (C=O) groups is 1. The molecule has 2 fully saturated rings. The van der Waals surface area contributed by atoms with Crippen LogP contribution < -0.4 is 0 Å². The van der Waals surface area contributed by atoms with Crippen molar-refractivity contribution in [3.63, 3.8) is 0 Å². The number of methoxy groups -OCH3 is 1. The molecule has 1 heterocycles. The number of Topliss-reactive ketones (excluding diaryl/α,β-unsaturated/α-hetero) is 1. The zero-order valence-electron chi connectivity index (χ0n) is 11.9. The number of hydrogen-bond donors (Lipinski definition) is 0. The molecule has 1 saturated heterocycles. The summed E-state index contributed by atoms with van der Waals surface area (Å²) in [5, 5.41) is 0. The quantitative estimate of drug-likeness (QED) is 0.771. The van der Waals surface area contributed by atoms with E-state index in [9.17, 15) is 4.79 Å². The summed E-state index contributed by atoms with van der Waals surface area (Å²) in [5.41, 5.74) is 0. The van der Waals surface area contributed by atoms with Crippen LogP contribution in [0.1, 0.15) is 58.3 Å². The van der Waals surface area contributed by atoms with E-state index in [1.165, 1.54) is 45.1 Å². The Morgan fingerprint density at radius 1 is 1.22 bits per heavy atom. The van der Waals surface area contributed by atoms with Gasteiger partial charge in [-0.25, -0.2) is 0 Å². The molecule has 1 saturated carbocycles. The fourth-order valence-corrected chi connectivity index (χ4v) is 3.69. The van der Waals surface area contributed by atoms with Crippen molar-refractivity contribution in [1.29, 1.82) is 0 Å². The first-order valence-electron chi connectivity index (χ1n) is 7.48. The minimum absolute atomic E-state index is 0.339. The highest BCUT2D eigenvalue weighted by molar-refractivity contribution is 5.76. The summed E-state index contributed by atoms with van der Waals surface area (Å²) in [7, 11) is 1.83. The van der Waals surface area contributed by atoms with Crippen LogP contribution in [0.3, 0.4) is 0 Å². The molecule has 1 aliphatic heterocycles. The molecular weight excluding hydrogens is 226 g/mol. The molecule has 2 rings (SSSR count). The maximum absolute atomic E-state index is 11.4. The lowest BCUT2D eigenvalue weighted by Crippen LogP contribution is -2.49. The fraction of sp³-hybridized carbons (Fsp3) is 0.933. The average Bonchev–Trinajstić information content (AvgIpc) is 2.39. The summed E-state index contributed by atoms with van der Waals surface area (Å²) in [5.74, 6) is 0.339. The maximum Gasteiger partial charge on any atom is 0.131 e. The van der Waals surface area contributed by atoms with Crippen LogP contribution in [0, 0.1) is 0 Å². The second-order valence-corrected chi connectivity index (χ2v) is 5.97. The Morgan fingerprint density at radius 2 is 2.06 bits per heavy atom. The number of nitrogens with zero attached hydrogens (tertiary/aromatic N) is 1. The largest absolute Gasteiger partial charge is 0.381 e. The molecule has 0 bridgehead atoms. The predicted octanol–water partition coefficient (Wildman–Crippen LogP) is 2.78. The van der Waals surface area contributed by atoms with Gasteiger partial charge in [-0.15, -0.1) is 0 Å². The third-order valence-corrected chi connectivity index (χ3v) is 4.60. The van der Waals surface area contributed by atoms with Crippen LogP contribution in [0.5, 0.6) is 0 Å². The Kier molecular flexibility index (Phi) is 5.19. The molecule has 0 aromatic heterocycles. The van der Waals surface area contributed by atoms with E-state index in [1.54, 1.807) is 6.92 Å². The van der Waals surface area contributed by atoms with Crippen molar-refractivity contribution >= 4 is 5.78 Å². The SMILES string of the molecule is COC1CCCC(N2CCCCC2CC(C)=O)C1. The van der Waals surface area contributed by atoms with Crippen molar-refractivity contribution in [2.45, 2.75) is 76.5 Å². The van der Waals surface area contributed by atoms with Gasteiger partial charge in [0.25, 0.3) is 0 Å². The van der Waals surface area contributed by atoms with Gasteiger partial charge in [0, 0.05) is 25.6 Å². The normalized spacial score (nSPS) is 34.4. The molecule has 1 aliphatic carbocycles. The Bertz CT molecular complexity index is 280. The lowest BCUT2D eigenvalue weighted by atomic mass is 9.87. The zero-order valence-corrected chi connectivity index (χ0v) is 11.9. The van der Waals surface area contributed by atoms with Gasteiger partial charge in [-0.3, -0.25) is 9.69 Å². The molecule has 0 radical (unpaired) electrons. The number of piperidine rings is 1. The smallest absolute Gasteiger partial charge is 0.131 e. The molecule has 3 nitrogen and oxygen atoms in total. The molecule has 0 aromatic rings. The first-order chi connectivity index (χ1) is 8.70. The first kappa shape index (κ1) is 14.0. The van der Waals surface area contributed by atoms with Crippen LogP contribution in [0.4, 0.5) is 0 Å². The highest BCUT2D eigenvalue weighted by Crippen LogP contribution is 2.30. The van der Waals surface area contributed by atoms with E-state index in [-0.39, 0.29) is 0 Å². The highest BCUT2D eigenvalue weighted by atomic mass is 16.5. The summed E-state index contributed by atoms with van der Waals surface area (Å²) in [6, 6.07) is 1.14. The molecular formula is C15H27NO2. The van der Waals surface area contributed by atoms with Gasteiger partial charge >= 0.3 is 0 Å². The molecule has 0 aromatic carbocycles. The number of ether oxygens (including phenoxy) is 1. The minimum Gasteiger partial charge on any atom is -0.381 e. The molecule has 3 unspecified atom stereocenters. The van der Waals surface area contributed by atoms with Crippen molar-refractivity contribution in [2.75, 3.05) is 13.7 Å². The summed E-state index contributed by atoms with van der Waals surface area (Å²) in [4.78, 5) is 14.0. The summed E-state index contributed by atoms with van der Waals surface area (Å²) in [6.45, 7) is 2.91. The van der Waals surface area contributed by atoms with E-state index in [2.05, 4.69) is 4.90 Å². The van der Waals surface area contributed by atoms with Gasteiger partial charge in [-0.2, -0.15) is 0 Å². The van der Waals surface area contributed by atoms with Crippen LogP contribution in [0.25, 0.3) is 0 Å². The van der Waals surface area contributed by atoms with Crippen molar-refractivity contribution in [3.8, 4) is 0 Å². The third-order valence-electron chi connectivity index (χ3n) is 4.60. The summed E-state index contributed by atoms with van der Waals surface area (Å²) in [6.07, 6.45) is 9.88. The number of rotatable bonds is 4.